The van der Waals surface area contributed by atoms with Gasteiger partial charge in [-0.2, -0.15) is 0 Å². The van der Waals surface area contributed by atoms with E-state index in [0.29, 0.717) is 27.8 Å². The summed E-state index contributed by atoms with van der Waals surface area (Å²) in [4.78, 5) is 35.7. The summed E-state index contributed by atoms with van der Waals surface area (Å²) in [6, 6.07) is 13.1. The van der Waals surface area contributed by atoms with Crippen LogP contribution in [0.25, 0.3) is 20.4 Å². The fourth-order valence-corrected chi connectivity index (χ4v) is 4.93. The van der Waals surface area contributed by atoms with Gasteiger partial charge in [-0.3, -0.25) is 14.2 Å². The SMILES string of the molecule is CC(C)CCn1c(SCC(=O)Nc2ccccc2)nc2c(sc3ncccc32)c1=O. The second kappa shape index (κ2) is 8.97. The van der Waals surface area contributed by atoms with E-state index in [1.165, 1.54) is 23.1 Å². The molecule has 0 aliphatic rings. The fraction of sp³-hybridized carbons (Fsp3) is 0.273. The Bertz CT molecular complexity index is 1250. The number of carbonyl (C=O) groups is 1. The number of thioether (sulfide) groups is 1. The number of nitrogens with one attached hydrogen (secondary N) is 1. The van der Waals surface area contributed by atoms with Gasteiger partial charge in [0.15, 0.2) is 5.16 Å². The molecule has 4 rings (SSSR count). The van der Waals surface area contributed by atoms with E-state index >= 15 is 0 Å². The number of fused-ring (bicyclic) bond motifs is 3. The molecule has 3 aromatic heterocycles. The molecule has 0 spiro atoms. The Hall–Kier alpha value is -2.71. The first-order valence-electron chi connectivity index (χ1n) is 9.78. The third kappa shape index (κ3) is 4.39. The van der Waals surface area contributed by atoms with Crippen LogP contribution in [0.4, 0.5) is 5.69 Å². The van der Waals surface area contributed by atoms with Crippen molar-refractivity contribution in [1.29, 1.82) is 0 Å². The van der Waals surface area contributed by atoms with Crippen molar-refractivity contribution >= 4 is 55.1 Å². The number of nitrogens with zero attached hydrogens (tertiary/aromatic N) is 3. The highest BCUT2D eigenvalue weighted by Crippen LogP contribution is 2.30. The average molecular weight is 439 g/mol. The molecule has 1 aromatic carbocycles. The number of benzene rings is 1. The van der Waals surface area contributed by atoms with E-state index in [0.717, 1.165) is 22.3 Å². The first-order chi connectivity index (χ1) is 14.5. The van der Waals surface area contributed by atoms with E-state index in [2.05, 4.69) is 24.1 Å². The lowest BCUT2D eigenvalue weighted by Crippen LogP contribution is -2.24. The first-order valence-corrected chi connectivity index (χ1v) is 11.6. The highest BCUT2D eigenvalue weighted by molar-refractivity contribution is 7.99. The third-order valence-corrected chi connectivity index (χ3v) is 6.70. The van der Waals surface area contributed by atoms with E-state index in [-0.39, 0.29) is 17.2 Å². The van der Waals surface area contributed by atoms with E-state index in [1.807, 2.05) is 42.5 Å². The average Bonchev–Trinajstić information content (AvgIpc) is 3.11. The van der Waals surface area contributed by atoms with Crippen LogP contribution in [0, 0.1) is 5.92 Å². The Kier molecular flexibility index (Phi) is 6.15. The Balaban J connectivity index is 1.67. The van der Waals surface area contributed by atoms with Crippen molar-refractivity contribution in [3.8, 4) is 0 Å². The molecule has 1 N–H and O–H groups in total. The van der Waals surface area contributed by atoms with Crippen LogP contribution >= 0.6 is 23.1 Å². The minimum atomic E-state index is -0.132. The maximum Gasteiger partial charge on any atom is 0.272 e. The van der Waals surface area contributed by atoms with Crippen LogP contribution in [0.3, 0.4) is 0 Å². The van der Waals surface area contributed by atoms with Crippen molar-refractivity contribution in [2.24, 2.45) is 5.92 Å². The number of rotatable bonds is 7. The summed E-state index contributed by atoms with van der Waals surface area (Å²) in [6.07, 6.45) is 2.58. The molecule has 0 radical (unpaired) electrons. The minimum Gasteiger partial charge on any atom is -0.325 e. The van der Waals surface area contributed by atoms with Gasteiger partial charge in [-0.15, -0.1) is 11.3 Å². The number of anilines is 1. The Morgan fingerprint density at radius 1 is 1.20 bits per heavy atom. The quantitative estimate of drug-likeness (QED) is 0.332. The van der Waals surface area contributed by atoms with Gasteiger partial charge in [-0.05, 0) is 36.6 Å². The van der Waals surface area contributed by atoms with Crippen molar-refractivity contribution in [2.45, 2.75) is 32.0 Å². The molecule has 1 amide bonds. The lowest BCUT2D eigenvalue weighted by atomic mass is 10.1. The molecule has 0 saturated carbocycles. The first kappa shape index (κ1) is 20.6. The van der Waals surface area contributed by atoms with Crippen LogP contribution in [0.15, 0.2) is 58.6 Å². The second-order valence-corrected chi connectivity index (χ2v) is 9.31. The van der Waals surface area contributed by atoms with Crippen molar-refractivity contribution in [3.63, 3.8) is 0 Å². The predicted molar refractivity (Wildman–Crippen MR) is 124 cm³/mol. The van der Waals surface area contributed by atoms with Gasteiger partial charge >= 0.3 is 0 Å². The Morgan fingerprint density at radius 2 is 2.00 bits per heavy atom. The minimum absolute atomic E-state index is 0.0605. The second-order valence-electron chi connectivity index (χ2n) is 7.37. The molecule has 8 heteroatoms. The summed E-state index contributed by atoms with van der Waals surface area (Å²) in [5.74, 6) is 0.498. The predicted octanol–water partition coefficient (Wildman–Crippen LogP) is 4.78. The summed E-state index contributed by atoms with van der Waals surface area (Å²) < 4.78 is 2.32. The number of hydrogen-bond donors (Lipinski definition) is 1. The summed E-state index contributed by atoms with van der Waals surface area (Å²) in [6.45, 7) is 4.82. The van der Waals surface area contributed by atoms with Crippen molar-refractivity contribution in [2.75, 3.05) is 11.1 Å². The van der Waals surface area contributed by atoms with Crippen LogP contribution in [0.5, 0.6) is 0 Å². The molecule has 6 nitrogen and oxygen atoms in total. The normalized spacial score (nSPS) is 11.4. The van der Waals surface area contributed by atoms with E-state index < -0.39 is 0 Å². The highest BCUT2D eigenvalue weighted by Gasteiger charge is 2.18. The Morgan fingerprint density at radius 3 is 2.77 bits per heavy atom. The third-order valence-electron chi connectivity index (χ3n) is 4.64. The van der Waals surface area contributed by atoms with Crippen LogP contribution in [-0.4, -0.2) is 26.2 Å². The topological polar surface area (TPSA) is 76.9 Å². The van der Waals surface area contributed by atoms with Crippen LogP contribution in [0.2, 0.25) is 0 Å². The summed E-state index contributed by atoms with van der Waals surface area (Å²) >= 11 is 2.67. The maximum absolute atomic E-state index is 13.3. The zero-order chi connectivity index (χ0) is 21.1. The van der Waals surface area contributed by atoms with E-state index in [4.69, 9.17) is 4.98 Å². The lowest BCUT2D eigenvalue weighted by molar-refractivity contribution is -0.113. The van der Waals surface area contributed by atoms with E-state index in [9.17, 15) is 9.59 Å². The molecule has 0 unspecified atom stereocenters. The van der Waals surface area contributed by atoms with Crippen molar-refractivity contribution in [1.82, 2.24) is 14.5 Å². The molecule has 0 bridgehead atoms. The lowest BCUT2D eigenvalue weighted by Gasteiger charge is -2.13. The molecule has 0 aliphatic heterocycles. The van der Waals surface area contributed by atoms with Crippen LogP contribution in [-0.2, 0) is 11.3 Å². The number of aromatic nitrogens is 3. The molecular formula is C22H22N4O2S2. The Labute approximate surface area is 182 Å². The number of thiophene rings is 1. The zero-order valence-corrected chi connectivity index (χ0v) is 18.4. The van der Waals surface area contributed by atoms with Crippen LogP contribution in [0.1, 0.15) is 20.3 Å². The maximum atomic E-state index is 13.3. The molecule has 154 valence electrons. The van der Waals surface area contributed by atoms with Crippen LogP contribution < -0.4 is 10.9 Å². The molecule has 0 saturated heterocycles. The molecule has 0 aliphatic carbocycles. The number of hydrogen-bond acceptors (Lipinski definition) is 6. The molecule has 4 aromatic rings. The smallest absolute Gasteiger partial charge is 0.272 e. The van der Waals surface area contributed by atoms with Gasteiger partial charge in [0.05, 0.1) is 11.3 Å². The van der Waals surface area contributed by atoms with Crippen molar-refractivity contribution < 1.29 is 4.79 Å². The largest absolute Gasteiger partial charge is 0.325 e. The van der Waals surface area contributed by atoms with Crippen molar-refractivity contribution in [3.05, 3.63) is 59.0 Å². The van der Waals surface area contributed by atoms with E-state index in [1.54, 1.807) is 10.8 Å². The fourth-order valence-electron chi connectivity index (χ4n) is 3.08. The standard InChI is InChI=1S/C22H22N4O2S2/c1-14(2)10-12-26-21(28)19-18(16-9-6-11-23-20(16)30-19)25-22(26)29-13-17(27)24-15-7-4-3-5-8-15/h3-9,11,14H,10,12-13H2,1-2H3,(H,24,27). The summed E-state index contributed by atoms with van der Waals surface area (Å²) in [5.41, 5.74) is 1.35. The molecule has 3 heterocycles. The monoisotopic (exact) mass is 438 g/mol. The molecular weight excluding hydrogens is 416 g/mol. The summed E-state index contributed by atoms with van der Waals surface area (Å²) in [5, 5.41) is 4.32. The number of para-hydroxylation sites is 1. The number of carbonyl (C=O) groups excluding carboxylic acids is 1. The molecule has 0 atom stereocenters. The summed E-state index contributed by atoms with van der Waals surface area (Å²) in [7, 11) is 0. The van der Waals surface area contributed by atoms with Gasteiger partial charge in [0, 0.05) is 23.8 Å². The highest BCUT2D eigenvalue weighted by atomic mass is 32.2. The zero-order valence-electron chi connectivity index (χ0n) is 16.8. The van der Waals surface area contributed by atoms with Gasteiger partial charge in [0.25, 0.3) is 5.56 Å². The molecule has 0 fully saturated rings. The number of pyridine rings is 1. The van der Waals surface area contributed by atoms with Gasteiger partial charge in [0.2, 0.25) is 5.91 Å². The van der Waals surface area contributed by atoms with Gasteiger partial charge in [-0.25, -0.2) is 9.97 Å². The number of amides is 1. The molecule has 30 heavy (non-hydrogen) atoms. The van der Waals surface area contributed by atoms with Gasteiger partial charge in [-0.1, -0.05) is 43.8 Å². The van der Waals surface area contributed by atoms with Gasteiger partial charge in [0.1, 0.15) is 9.53 Å². The van der Waals surface area contributed by atoms with Gasteiger partial charge < -0.3 is 5.32 Å².